The fraction of sp³-hybridized carbons (Fsp3) is 0.533. The second kappa shape index (κ2) is 8.30. The highest BCUT2D eigenvalue weighted by molar-refractivity contribution is 9.09. The van der Waals surface area contributed by atoms with E-state index in [1.54, 1.807) is 0 Å². The van der Waals surface area contributed by atoms with Gasteiger partial charge in [-0.05, 0) is 31.2 Å². The molecule has 0 aromatic heterocycles. The molecule has 1 rings (SSSR count). The topological polar surface area (TPSA) is 29.1 Å². The van der Waals surface area contributed by atoms with E-state index < -0.39 is 0 Å². The maximum Gasteiger partial charge on any atom is 0.220 e. The summed E-state index contributed by atoms with van der Waals surface area (Å²) in [7, 11) is 0. The number of carbonyl (C=O) groups excluding carboxylic acids is 1. The van der Waals surface area contributed by atoms with Crippen LogP contribution in [0.5, 0.6) is 0 Å². The quantitative estimate of drug-likeness (QED) is 0.767. The molecule has 0 spiro atoms. The lowest BCUT2D eigenvalue weighted by atomic mass is 10.1. The van der Waals surface area contributed by atoms with E-state index in [9.17, 15) is 4.79 Å². The van der Waals surface area contributed by atoms with E-state index in [0.29, 0.717) is 12.3 Å². The zero-order chi connectivity index (χ0) is 13.4. The predicted octanol–water partition coefficient (Wildman–Crippen LogP) is 3.55. The van der Waals surface area contributed by atoms with Crippen molar-refractivity contribution in [2.45, 2.75) is 39.2 Å². The molecule has 1 aromatic carbocycles. The molecular weight excluding hydrogens is 290 g/mol. The summed E-state index contributed by atoms with van der Waals surface area (Å²) >= 11 is 3.44. The maximum atomic E-state index is 11.7. The van der Waals surface area contributed by atoms with Crippen LogP contribution in [0.4, 0.5) is 0 Å². The van der Waals surface area contributed by atoms with E-state index in [4.69, 9.17) is 0 Å². The number of alkyl halides is 1. The number of carbonyl (C=O) groups is 1. The van der Waals surface area contributed by atoms with Gasteiger partial charge in [0.2, 0.25) is 5.91 Å². The minimum absolute atomic E-state index is 0.159. The first-order valence-corrected chi connectivity index (χ1v) is 7.65. The molecule has 1 amide bonds. The van der Waals surface area contributed by atoms with E-state index in [2.05, 4.69) is 47.2 Å². The normalized spacial score (nSPS) is 13.9. The van der Waals surface area contributed by atoms with E-state index >= 15 is 0 Å². The van der Waals surface area contributed by atoms with Crippen LogP contribution in [-0.4, -0.2) is 17.3 Å². The number of rotatable bonds is 7. The molecule has 18 heavy (non-hydrogen) atoms. The summed E-state index contributed by atoms with van der Waals surface area (Å²) in [4.78, 5) is 11.7. The molecule has 2 nitrogen and oxygen atoms in total. The van der Waals surface area contributed by atoms with Crippen LogP contribution >= 0.6 is 15.9 Å². The monoisotopic (exact) mass is 311 g/mol. The largest absolute Gasteiger partial charge is 0.353 e. The summed E-state index contributed by atoms with van der Waals surface area (Å²) in [6.45, 7) is 4.19. The van der Waals surface area contributed by atoms with Gasteiger partial charge in [-0.1, -0.05) is 53.2 Å². The third kappa shape index (κ3) is 5.67. The van der Waals surface area contributed by atoms with Crippen LogP contribution in [0.1, 0.15) is 32.3 Å². The molecule has 0 fully saturated rings. The number of nitrogens with one attached hydrogen (secondary N) is 1. The fourth-order valence-corrected chi connectivity index (χ4v) is 2.26. The summed E-state index contributed by atoms with van der Waals surface area (Å²) in [5.74, 6) is 0.620. The summed E-state index contributed by atoms with van der Waals surface area (Å²) < 4.78 is 0. The average molecular weight is 312 g/mol. The highest BCUT2D eigenvalue weighted by Gasteiger charge is 2.13. The Hall–Kier alpha value is -0.830. The predicted molar refractivity (Wildman–Crippen MR) is 79.9 cm³/mol. The second-order valence-electron chi connectivity index (χ2n) is 4.83. The van der Waals surface area contributed by atoms with Gasteiger partial charge in [0.05, 0.1) is 0 Å². The van der Waals surface area contributed by atoms with E-state index in [1.807, 2.05) is 18.2 Å². The van der Waals surface area contributed by atoms with Crippen LogP contribution in [0.3, 0.4) is 0 Å². The molecule has 1 N–H and O–H groups in total. The number of hydrogen-bond donors (Lipinski definition) is 1. The van der Waals surface area contributed by atoms with Gasteiger partial charge in [0.25, 0.3) is 0 Å². The first kappa shape index (κ1) is 15.2. The number of benzene rings is 1. The van der Waals surface area contributed by atoms with Crippen molar-refractivity contribution in [2.24, 2.45) is 5.92 Å². The lowest BCUT2D eigenvalue weighted by Gasteiger charge is -2.19. The number of amides is 1. The summed E-state index contributed by atoms with van der Waals surface area (Å²) in [5, 5.41) is 3.96. The first-order valence-electron chi connectivity index (χ1n) is 6.52. The van der Waals surface area contributed by atoms with Crippen molar-refractivity contribution in [1.29, 1.82) is 0 Å². The van der Waals surface area contributed by atoms with Crippen molar-refractivity contribution in [3.8, 4) is 0 Å². The van der Waals surface area contributed by atoms with Gasteiger partial charge in [-0.2, -0.15) is 0 Å². The Labute approximate surface area is 118 Å². The Balaban J connectivity index is 2.21. The van der Waals surface area contributed by atoms with Gasteiger partial charge in [-0.3, -0.25) is 4.79 Å². The van der Waals surface area contributed by atoms with E-state index in [1.165, 1.54) is 5.56 Å². The molecule has 0 saturated carbocycles. The number of aryl methyl sites for hydroxylation is 1. The maximum absolute atomic E-state index is 11.7. The van der Waals surface area contributed by atoms with Gasteiger partial charge in [0.15, 0.2) is 0 Å². The van der Waals surface area contributed by atoms with Gasteiger partial charge in [-0.25, -0.2) is 0 Å². The molecule has 2 unspecified atom stereocenters. The van der Waals surface area contributed by atoms with Gasteiger partial charge in [0.1, 0.15) is 0 Å². The Morgan fingerprint density at radius 2 is 1.94 bits per heavy atom. The molecule has 0 saturated heterocycles. The molecule has 0 heterocycles. The van der Waals surface area contributed by atoms with Crippen LogP contribution in [0.2, 0.25) is 0 Å². The zero-order valence-electron chi connectivity index (χ0n) is 11.2. The standard InChI is InChI=1S/C15H22BrNO/c1-12(11-16)13(2)17-15(18)10-6-9-14-7-4-3-5-8-14/h3-5,7-8,12-13H,6,9-11H2,1-2H3,(H,17,18). The highest BCUT2D eigenvalue weighted by atomic mass is 79.9. The number of halogens is 1. The van der Waals surface area contributed by atoms with Crippen molar-refractivity contribution >= 4 is 21.8 Å². The zero-order valence-corrected chi connectivity index (χ0v) is 12.7. The van der Waals surface area contributed by atoms with E-state index in [0.717, 1.165) is 18.2 Å². The van der Waals surface area contributed by atoms with Crippen LogP contribution in [0.25, 0.3) is 0 Å². The van der Waals surface area contributed by atoms with Crippen LogP contribution < -0.4 is 5.32 Å². The third-order valence-corrected chi connectivity index (χ3v) is 4.22. The first-order chi connectivity index (χ1) is 8.63. The Morgan fingerprint density at radius 1 is 1.28 bits per heavy atom. The summed E-state index contributed by atoms with van der Waals surface area (Å²) in [6.07, 6.45) is 2.48. The van der Waals surface area contributed by atoms with Gasteiger partial charge in [-0.15, -0.1) is 0 Å². The van der Waals surface area contributed by atoms with Crippen molar-refractivity contribution < 1.29 is 4.79 Å². The lowest BCUT2D eigenvalue weighted by molar-refractivity contribution is -0.122. The lowest BCUT2D eigenvalue weighted by Crippen LogP contribution is -2.37. The molecule has 0 aliphatic rings. The molecular formula is C15H22BrNO. The van der Waals surface area contributed by atoms with Gasteiger partial charge >= 0.3 is 0 Å². The average Bonchev–Trinajstić information content (AvgIpc) is 2.38. The van der Waals surface area contributed by atoms with E-state index in [-0.39, 0.29) is 11.9 Å². The fourth-order valence-electron chi connectivity index (χ4n) is 1.70. The van der Waals surface area contributed by atoms with Crippen LogP contribution in [0.15, 0.2) is 30.3 Å². The molecule has 0 bridgehead atoms. The minimum atomic E-state index is 0.159. The Kier molecular flexibility index (Phi) is 7.02. The summed E-state index contributed by atoms with van der Waals surface area (Å²) in [5.41, 5.74) is 1.30. The van der Waals surface area contributed by atoms with Crippen LogP contribution in [0, 0.1) is 5.92 Å². The minimum Gasteiger partial charge on any atom is -0.353 e. The van der Waals surface area contributed by atoms with Gasteiger partial charge < -0.3 is 5.32 Å². The van der Waals surface area contributed by atoms with Gasteiger partial charge in [0, 0.05) is 17.8 Å². The number of hydrogen-bond acceptors (Lipinski definition) is 1. The second-order valence-corrected chi connectivity index (χ2v) is 5.47. The van der Waals surface area contributed by atoms with Crippen molar-refractivity contribution in [1.82, 2.24) is 5.32 Å². The molecule has 0 aliphatic carbocycles. The molecule has 0 aliphatic heterocycles. The SMILES string of the molecule is CC(CBr)C(C)NC(=O)CCCc1ccccc1. The molecule has 2 atom stereocenters. The van der Waals surface area contributed by atoms with Crippen molar-refractivity contribution in [3.05, 3.63) is 35.9 Å². The molecule has 0 radical (unpaired) electrons. The molecule has 3 heteroatoms. The van der Waals surface area contributed by atoms with Crippen molar-refractivity contribution in [2.75, 3.05) is 5.33 Å². The Bertz CT molecular complexity index is 353. The third-order valence-electron chi connectivity index (χ3n) is 3.20. The summed E-state index contributed by atoms with van der Waals surface area (Å²) in [6, 6.07) is 10.5. The van der Waals surface area contributed by atoms with Crippen molar-refractivity contribution in [3.63, 3.8) is 0 Å². The smallest absolute Gasteiger partial charge is 0.220 e. The molecule has 100 valence electrons. The highest BCUT2D eigenvalue weighted by Crippen LogP contribution is 2.08. The Morgan fingerprint density at radius 3 is 2.56 bits per heavy atom. The molecule has 1 aromatic rings. The van der Waals surface area contributed by atoms with Crippen LogP contribution in [-0.2, 0) is 11.2 Å².